The Kier molecular flexibility index (Phi) is 4.11. The summed E-state index contributed by atoms with van der Waals surface area (Å²) in [6.45, 7) is 1.91. The summed E-state index contributed by atoms with van der Waals surface area (Å²) in [5, 5.41) is 19.8. The SMILES string of the molecule is C[C@@H](N)c1nn2c(Sc3ccc4ncc(-c5cnn(C)c5)cc4c3)nnc2s1. The minimum atomic E-state index is -0.123. The van der Waals surface area contributed by atoms with E-state index in [9.17, 15) is 0 Å². The molecule has 1 atom stereocenters. The highest BCUT2D eigenvalue weighted by Gasteiger charge is 2.15. The minimum absolute atomic E-state index is 0.123. The number of aryl methyl sites for hydroxylation is 1. The number of fused-ring (bicyclic) bond motifs is 2. The fraction of sp³-hybridized carbons (Fsp3) is 0.167. The highest BCUT2D eigenvalue weighted by atomic mass is 32.2. The number of benzene rings is 1. The van der Waals surface area contributed by atoms with Gasteiger partial charge in [-0.05, 0) is 43.0 Å². The summed E-state index contributed by atoms with van der Waals surface area (Å²) in [4.78, 5) is 6.36. The molecule has 8 nitrogen and oxygen atoms in total. The zero-order valence-corrected chi connectivity index (χ0v) is 16.8. The molecule has 0 radical (unpaired) electrons. The molecule has 0 aliphatic heterocycles. The quantitative estimate of drug-likeness (QED) is 0.487. The lowest BCUT2D eigenvalue weighted by Gasteiger charge is -2.04. The highest BCUT2D eigenvalue weighted by molar-refractivity contribution is 7.99. The third-order valence-electron chi connectivity index (χ3n) is 4.27. The second-order valence-electron chi connectivity index (χ2n) is 6.49. The van der Waals surface area contributed by atoms with Gasteiger partial charge in [0, 0.05) is 40.8 Å². The van der Waals surface area contributed by atoms with Gasteiger partial charge in [0.1, 0.15) is 5.01 Å². The molecule has 140 valence electrons. The van der Waals surface area contributed by atoms with Crippen LogP contribution in [0.4, 0.5) is 0 Å². The van der Waals surface area contributed by atoms with Crippen LogP contribution < -0.4 is 5.73 Å². The van der Waals surface area contributed by atoms with Gasteiger partial charge >= 0.3 is 0 Å². The molecule has 0 fully saturated rings. The molecule has 0 bridgehead atoms. The van der Waals surface area contributed by atoms with Crippen LogP contribution in [0.5, 0.6) is 0 Å². The molecule has 0 aliphatic rings. The molecule has 1 aromatic carbocycles. The van der Waals surface area contributed by atoms with Gasteiger partial charge in [-0.25, -0.2) is 0 Å². The average molecular weight is 409 g/mol. The van der Waals surface area contributed by atoms with Gasteiger partial charge in [-0.3, -0.25) is 9.67 Å². The fourth-order valence-electron chi connectivity index (χ4n) is 2.87. The van der Waals surface area contributed by atoms with E-state index in [1.807, 2.05) is 44.7 Å². The van der Waals surface area contributed by atoms with Crippen molar-refractivity contribution in [1.29, 1.82) is 0 Å². The number of rotatable bonds is 4. The summed E-state index contributed by atoms with van der Waals surface area (Å²) in [5.41, 5.74) is 8.95. The van der Waals surface area contributed by atoms with Gasteiger partial charge in [0.2, 0.25) is 10.1 Å². The molecule has 4 aromatic heterocycles. The molecule has 0 amide bonds. The summed E-state index contributed by atoms with van der Waals surface area (Å²) in [5.74, 6) is 0. The first-order valence-corrected chi connectivity index (χ1v) is 10.2. The normalized spacial score (nSPS) is 12.8. The molecular weight excluding hydrogens is 392 g/mol. The first kappa shape index (κ1) is 17.3. The van der Waals surface area contributed by atoms with Crippen molar-refractivity contribution < 1.29 is 0 Å². The molecular formula is C18H16N8S2. The van der Waals surface area contributed by atoms with Crippen LogP contribution in [0.15, 0.2) is 52.9 Å². The van der Waals surface area contributed by atoms with Gasteiger partial charge in [0.25, 0.3) is 0 Å². The molecule has 4 heterocycles. The summed E-state index contributed by atoms with van der Waals surface area (Å²) >= 11 is 2.98. The summed E-state index contributed by atoms with van der Waals surface area (Å²) < 4.78 is 3.54. The Morgan fingerprint density at radius 1 is 1.14 bits per heavy atom. The van der Waals surface area contributed by atoms with E-state index in [-0.39, 0.29) is 6.04 Å². The first-order chi connectivity index (χ1) is 13.6. The van der Waals surface area contributed by atoms with Crippen LogP contribution in [-0.4, -0.2) is 34.6 Å². The van der Waals surface area contributed by atoms with E-state index in [4.69, 9.17) is 5.73 Å². The topological polar surface area (TPSA) is 99.8 Å². The zero-order valence-electron chi connectivity index (χ0n) is 15.1. The average Bonchev–Trinajstić information content (AvgIpc) is 3.38. The highest BCUT2D eigenvalue weighted by Crippen LogP contribution is 2.31. The van der Waals surface area contributed by atoms with E-state index in [0.29, 0.717) is 5.16 Å². The molecule has 0 unspecified atom stereocenters. The summed E-state index contributed by atoms with van der Waals surface area (Å²) in [6, 6.07) is 8.15. The van der Waals surface area contributed by atoms with Crippen molar-refractivity contribution in [3.63, 3.8) is 0 Å². The van der Waals surface area contributed by atoms with Gasteiger partial charge in [-0.15, -0.1) is 10.2 Å². The Balaban J connectivity index is 1.50. The Bertz CT molecular complexity index is 1300. The standard InChI is InChI=1S/C18H16N8S2/c1-10(19)16-24-26-17(22-23-18(26)28-16)27-14-3-4-15-11(6-14)5-12(7-20-15)13-8-21-25(2)9-13/h3-10H,19H2,1-2H3/t10-/m1/s1. The molecule has 0 spiro atoms. The lowest BCUT2D eigenvalue weighted by atomic mass is 10.1. The third kappa shape index (κ3) is 3.05. The molecule has 0 saturated carbocycles. The lowest BCUT2D eigenvalue weighted by Crippen LogP contribution is -2.05. The molecule has 2 N–H and O–H groups in total. The van der Waals surface area contributed by atoms with Crippen LogP contribution in [0.1, 0.15) is 18.0 Å². The van der Waals surface area contributed by atoms with Gasteiger partial charge in [0.15, 0.2) is 0 Å². The number of aromatic nitrogens is 7. The summed E-state index contributed by atoms with van der Waals surface area (Å²) in [7, 11) is 1.90. The van der Waals surface area contributed by atoms with E-state index in [1.165, 1.54) is 23.1 Å². The van der Waals surface area contributed by atoms with Crippen molar-refractivity contribution in [2.24, 2.45) is 12.8 Å². The molecule has 0 saturated heterocycles. The predicted molar refractivity (Wildman–Crippen MR) is 109 cm³/mol. The molecule has 5 aromatic rings. The van der Waals surface area contributed by atoms with Crippen molar-refractivity contribution in [3.05, 3.63) is 47.9 Å². The van der Waals surface area contributed by atoms with E-state index >= 15 is 0 Å². The van der Waals surface area contributed by atoms with Crippen LogP contribution >= 0.6 is 23.1 Å². The number of nitrogens with zero attached hydrogens (tertiary/aromatic N) is 7. The van der Waals surface area contributed by atoms with E-state index in [0.717, 1.165) is 36.9 Å². The number of pyridine rings is 1. The maximum absolute atomic E-state index is 5.93. The Morgan fingerprint density at radius 2 is 2.04 bits per heavy atom. The molecule has 10 heteroatoms. The number of hydrogen-bond donors (Lipinski definition) is 1. The van der Waals surface area contributed by atoms with Crippen molar-refractivity contribution in [2.75, 3.05) is 0 Å². The predicted octanol–water partition coefficient (Wildman–Crippen LogP) is 3.31. The van der Waals surface area contributed by atoms with E-state index in [1.54, 1.807) is 9.20 Å². The number of hydrogen-bond acceptors (Lipinski definition) is 8. The largest absolute Gasteiger partial charge is 0.322 e. The molecule has 5 rings (SSSR count). The monoisotopic (exact) mass is 408 g/mol. The maximum Gasteiger partial charge on any atom is 0.235 e. The van der Waals surface area contributed by atoms with E-state index < -0.39 is 0 Å². The van der Waals surface area contributed by atoms with Crippen LogP contribution in [0.2, 0.25) is 0 Å². The Hall–Kier alpha value is -2.82. The van der Waals surface area contributed by atoms with Crippen LogP contribution in [0, 0.1) is 0 Å². The first-order valence-electron chi connectivity index (χ1n) is 8.61. The second kappa shape index (κ2) is 6.66. The second-order valence-corrected chi connectivity index (χ2v) is 8.52. The molecule has 28 heavy (non-hydrogen) atoms. The number of nitrogens with two attached hydrogens (primary N) is 1. The molecule has 0 aliphatic carbocycles. The van der Waals surface area contributed by atoms with Crippen molar-refractivity contribution >= 4 is 39.0 Å². The lowest BCUT2D eigenvalue weighted by molar-refractivity contribution is 0.736. The maximum atomic E-state index is 5.93. The van der Waals surface area contributed by atoms with Gasteiger partial charge in [0.05, 0.1) is 17.8 Å². The van der Waals surface area contributed by atoms with Crippen LogP contribution in [-0.2, 0) is 7.05 Å². The smallest absolute Gasteiger partial charge is 0.235 e. The van der Waals surface area contributed by atoms with Gasteiger partial charge in [-0.1, -0.05) is 11.3 Å². The van der Waals surface area contributed by atoms with Crippen LogP contribution in [0.25, 0.3) is 27.0 Å². The Morgan fingerprint density at radius 3 is 2.82 bits per heavy atom. The van der Waals surface area contributed by atoms with Crippen LogP contribution in [0.3, 0.4) is 0 Å². The van der Waals surface area contributed by atoms with Crippen molar-refractivity contribution in [3.8, 4) is 11.1 Å². The van der Waals surface area contributed by atoms with Gasteiger partial charge in [-0.2, -0.15) is 14.7 Å². The minimum Gasteiger partial charge on any atom is -0.322 e. The van der Waals surface area contributed by atoms with E-state index in [2.05, 4.69) is 37.5 Å². The summed E-state index contributed by atoms with van der Waals surface area (Å²) in [6.07, 6.45) is 5.69. The zero-order chi connectivity index (χ0) is 19.3. The fourth-order valence-corrected chi connectivity index (χ4v) is 4.54. The third-order valence-corrected chi connectivity index (χ3v) is 6.29. The van der Waals surface area contributed by atoms with Crippen molar-refractivity contribution in [1.82, 2.24) is 34.6 Å². The van der Waals surface area contributed by atoms with Crippen molar-refractivity contribution in [2.45, 2.75) is 23.0 Å². The van der Waals surface area contributed by atoms with Gasteiger partial charge < -0.3 is 5.73 Å². The Labute approximate surface area is 168 Å².